The SMILES string of the molecule is CCCC1CC1n1nnnc1-c1c(N)cccc1OC. The molecule has 0 saturated heterocycles. The fourth-order valence-corrected chi connectivity index (χ4v) is 2.75. The number of nitrogen functional groups attached to an aromatic ring is 1. The summed E-state index contributed by atoms with van der Waals surface area (Å²) < 4.78 is 7.29. The predicted octanol–water partition coefficient (Wildman–Crippen LogP) is 2.29. The highest BCUT2D eigenvalue weighted by Crippen LogP contribution is 2.48. The highest BCUT2D eigenvalue weighted by Gasteiger charge is 2.40. The molecule has 1 heterocycles. The zero-order valence-electron chi connectivity index (χ0n) is 11.8. The van der Waals surface area contributed by atoms with Gasteiger partial charge in [-0.2, -0.15) is 0 Å². The summed E-state index contributed by atoms with van der Waals surface area (Å²) >= 11 is 0. The van der Waals surface area contributed by atoms with E-state index in [1.807, 2.05) is 22.9 Å². The summed E-state index contributed by atoms with van der Waals surface area (Å²) in [6, 6.07) is 5.97. The summed E-state index contributed by atoms with van der Waals surface area (Å²) in [4.78, 5) is 0. The molecule has 3 rings (SSSR count). The number of aromatic nitrogens is 4. The van der Waals surface area contributed by atoms with Gasteiger partial charge in [0, 0.05) is 5.69 Å². The first-order valence-corrected chi connectivity index (χ1v) is 6.97. The van der Waals surface area contributed by atoms with Crippen molar-refractivity contribution < 1.29 is 4.74 Å². The van der Waals surface area contributed by atoms with Crippen molar-refractivity contribution >= 4 is 5.69 Å². The Morgan fingerprint density at radius 3 is 3.05 bits per heavy atom. The minimum Gasteiger partial charge on any atom is -0.496 e. The van der Waals surface area contributed by atoms with Gasteiger partial charge in [-0.15, -0.1) is 5.10 Å². The van der Waals surface area contributed by atoms with Crippen LogP contribution in [-0.2, 0) is 0 Å². The van der Waals surface area contributed by atoms with Gasteiger partial charge in [0.1, 0.15) is 5.75 Å². The van der Waals surface area contributed by atoms with E-state index in [0.717, 1.165) is 12.0 Å². The van der Waals surface area contributed by atoms with Crippen LogP contribution in [0.2, 0.25) is 0 Å². The summed E-state index contributed by atoms with van der Waals surface area (Å²) in [5, 5.41) is 12.1. The van der Waals surface area contributed by atoms with E-state index >= 15 is 0 Å². The number of hydrogen-bond acceptors (Lipinski definition) is 5. The van der Waals surface area contributed by atoms with Crippen molar-refractivity contribution in [1.29, 1.82) is 0 Å². The number of nitrogens with two attached hydrogens (primary N) is 1. The predicted molar refractivity (Wildman–Crippen MR) is 76.3 cm³/mol. The molecular formula is C14H19N5O. The number of tetrazole rings is 1. The lowest BCUT2D eigenvalue weighted by Gasteiger charge is -2.11. The van der Waals surface area contributed by atoms with E-state index in [1.165, 1.54) is 12.8 Å². The van der Waals surface area contributed by atoms with Gasteiger partial charge in [0.2, 0.25) is 0 Å². The largest absolute Gasteiger partial charge is 0.496 e. The molecule has 0 aliphatic heterocycles. The number of methoxy groups -OCH3 is 1. The average molecular weight is 273 g/mol. The van der Waals surface area contributed by atoms with Gasteiger partial charge >= 0.3 is 0 Å². The molecule has 1 fully saturated rings. The van der Waals surface area contributed by atoms with Crippen LogP contribution in [0.25, 0.3) is 11.4 Å². The quantitative estimate of drug-likeness (QED) is 0.845. The van der Waals surface area contributed by atoms with E-state index in [1.54, 1.807) is 7.11 Å². The van der Waals surface area contributed by atoms with E-state index < -0.39 is 0 Å². The molecule has 1 aromatic carbocycles. The number of hydrogen-bond donors (Lipinski definition) is 1. The third-order valence-electron chi connectivity index (χ3n) is 3.85. The molecule has 0 amide bonds. The number of benzene rings is 1. The van der Waals surface area contributed by atoms with Crippen molar-refractivity contribution in [2.45, 2.75) is 32.2 Å². The van der Waals surface area contributed by atoms with E-state index in [2.05, 4.69) is 22.4 Å². The second-order valence-corrected chi connectivity index (χ2v) is 5.22. The van der Waals surface area contributed by atoms with Crippen molar-refractivity contribution in [2.75, 3.05) is 12.8 Å². The van der Waals surface area contributed by atoms with Crippen LogP contribution in [0.1, 0.15) is 32.2 Å². The molecule has 20 heavy (non-hydrogen) atoms. The second kappa shape index (κ2) is 5.11. The molecule has 1 aromatic heterocycles. The van der Waals surface area contributed by atoms with Gasteiger partial charge in [0.05, 0.1) is 18.7 Å². The second-order valence-electron chi connectivity index (χ2n) is 5.22. The molecule has 0 radical (unpaired) electrons. The van der Waals surface area contributed by atoms with Crippen molar-refractivity contribution in [3.8, 4) is 17.1 Å². The standard InChI is InChI=1S/C14H19N5O/c1-3-5-9-8-11(9)19-14(16-17-18-19)13-10(15)6-4-7-12(13)20-2/h4,6-7,9,11H,3,5,8,15H2,1-2H3. The molecule has 6 heteroatoms. The lowest BCUT2D eigenvalue weighted by molar-refractivity contribution is 0.415. The van der Waals surface area contributed by atoms with Crippen molar-refractivity contribution in [3.05, 3.63) is 18.2 Å². The molecule has 1 aliphatic rings. The number of rotatable bonds is 5. The molecule has 1 saturated carbocycles. The smallest absolute Gasteiger partial charge is 0.188 e. The van der Waals surface area contributed by atoms with Crippen molar-refractivity contribution in [2.24, 2.45) is 5.92 Å². The van der Waals surface area contributed by atoms with Gasteiger partial charge in [-0.05, 0) is 41.3 Å². The van der Waals surface area contributed by atoms with E-state index in [0.29, 0.717) is 29.2 Å². The summed E-state index contributed by atoms with van der Waals surface area (Å²) in [6.45, 7) is 2.20. The van der Waals surface area contributed by atoms with Crippen LogP contribution < -0.4 is 10.5 Å². The Labute approximate surface area is 117 Å². The molecule has 2 N–H and O–H groups in total. The van der Waals surface area contributed by atoms with E-state index in [9.17, 15) is 0 Å². The first kappa shape index (κ1) is 12.9. The maximum atomic E-state index is 6.08. The van der Waals surface area contributed by atoms with Gasteiger partial charge in [0.25, 0.3) is 0 Å². The topological polar surface area (TPSA) is 78.9 Å². The van der Waals surface area contributed by atoms with Gasteiger partial charge in [0.15, 0.2) is 5.82 Å². The molecule has 0 spiro atoms. The van der Waals surface area contributed by atoms with E-state index in [4.69, 9.17) is 10.5 Å². The molecule has 2 atom stereocenters. The first-order chi connectivity index (χ1) is 9.76. The van der Waals surface area contributed by atoms with Gasteiger partial charge in [-0.3, -0.25) is 0 Å². The summed E-state index contributed by atoms with van der Waals surface area (Å²) in [5.74, 6) is 2.08. The summed E-state index contributed by atoms with van der Waals surface area (Å²) in [6.07, 6.45) is 3.54. The van der Waals surface area contributed by atoms with Crippen LogP contribution in [-0.4, -0.2) is 27.3 Å². The van der Waals surface area contributed by atoms with Crippen LogP contribution in [0.15, 0.2) is 18.2 Å². The number of nitrogens with zero attached hydrogens (tertiary/aromatic N) is 4. The molecule has 6 nitrogen and oxygen atoms in total. The van der Waals surface area contributed by atoms with Crippen LogP contribution in [0, 0.1) is 5.92 Å². The fraction of sp³-hybridized carbons (Fsp3) is 0.500. The normalized spacial score (nSPS) is 20.9. The minimum atomic E-state index is 0.393. The van der Waals surface area contributed by atoms with Gasteiger partial charge in [-0.25, -0.2) is 4.68 Å². The molecule has 0 bridgehead atoms. The third-order valence-corrected chi connectivity index (χ3v) is 3.85. The molecular weight excluding hydrogens is 254 g/mol. The molecule has 106 valence electrons. The van der Waals surface area contributed by atoms with Crippen molar-refractivity contribution in [3.63, 3.8) is 0 Å². The van der Waals surface area contributed by atoms with Crippen LogP contribution in [0.4, 0.5) is 5.69 Å². The van der Waals surface area contributed by atoms with Gasteiger partial charge in [-0.1, -0.05) is 19.4 Å². The monoisotopic (exact) mass is 273 g/mol. The van der Waals surface area contributed by atoms with Gasteiger partial charge < -0.3 is 10.5 Å². The lowest BCUT2D eigenvalue weighted by Crippen LogP contribution is -2.05. The maximum Gasteiger partial charge on any atom is 0.188 e. The zero-order valence-corrected chi connectivity index (χ0v) is 11.8. The summed E-state index contributed by atoms with van der Waals surface area (Å²) in [7, 11) is 1.63. The molecule has 2 unspecified atom stereocenters. The number of anilines is 1. The Morgan fingerprint density at radius 1 is 1.45 bits per heavy atom. The fourth-order valence-electron chi connectivity index (χ4n) is 2.75. The first-order valence-electron chi connectivity index (χ1n) is 6.97. The summed E-state index contributed by atoms with van der Waals surface area (Å²) in [5.41, 5.74) is 7.49. The Morgan fingerprint density at radius 2 is 2.30 bits per heavy atom. The van der Waals surface area contributed by atoms with Crippen LogP contribution >= 0.6 is 0 Å². The molecule has 1 aliphatic carbocycles. The highest BCUT2D eigenvalue weighted by molar-refractivity contribution is 5.77. The van der Waals surface area contributed by atoms with E-state index in [-0.39, 0.29) is 0 Å². The Hall–Kier alpha value is -2.11. The van der Waals surface area contributed by atoms with Crippen molar-refractivity contribution in [1.82, 2.24) is 20.2 Å². The lowest BCUT2D eigenvalue weighted by atomic mass is 10.1. The Balaban J connectivity index is 1.99. The molecule has 2 aromatic rings. The number of ether oxygens (including phenoxy) is 1. The van der Waals surface area contributed by atoms with Crippen LogP contribution in [0.5, 0.6) is 5.75 Å². The Bertz CT molecular complexity index is 609. The van der Waals surface area contributed by atoms with Crippen LogP contribution in [0.3, 0.4) is 0 Å². The average Bonchev–Trinajstić information content (AvgIpc) is 3.04. The third kappa shape index (κ3) is 2.11. The maximum absolute atomic E-state index is 6.08. The minimum absolute atomic E-state index is 0.393. The highest BCUT2D eigenvalue weighted by atomic mass is 16.5. The Kier molecular flexibility index (Phi) is 3.30. The zero-order chi connectivity index (χ0) is 14.1.